The van der Waals surface area contributed by atoms with E-state index in [4.69, 9.17) is 12.2 Å². The predicted molar refractivity (Wildman–Crippen MR) is 110 cm³/mol. The Labute approximate surface area is 168 Å². The van der Waals surface area contributed by atoms with Gasteiger partial charge in [0, 0.05) is 43.6 Å². The van der Waals surface area contributed by atoms with Crippen molar-refractivity contribution in [3.8, 4) is 0 Å². The van der Waals surface area contributed by atoms with Crippen molar-refractivity contribution in [2.45, 2.75) is 17.9 Å². The molecule has 0 aliphatic heterocycles. The Morgan fingerprint density at radius 3 is 2.50 bits per heavy atom. The molecule has 0 spiro atoms. The summed E-state index contributed by atoms with van der Waals surface area (Å²) < 4.78 is 28.9. The molecule has 0 amide bonds. The summed E-state index contributed by atoms with van der Waals surface area (Å²) in [4.78, 5) is 7.81. The van der Waals surface area contributed by atoms with Crippen molar-refractivity contribution in [2.24, 2.45) is 0 Å². The van der Waals surface area contributed by atoms with Crippen molar-refractivity contribution in [3.63, 3.8) is 0 Å². The molecule has 0 aliphatic rings. The lowest BCUT2D eigenvalue weighted by atomic mass is 10.3. The molecule has 2 aromatic heterocycles. The van der Waals surface area contributed by atoms with Crippen LogP contribution in [0.1, 0.15) is 6.42 Å². The fraction of sp³-hybridized carbons (Fsp3) is 0.176. The molecule has 11 heteroatoms. The van der Waals surface area contributed by atoms with E-state index >= 15 is 0 Å². The van der Waals surface area contributed by atoms with E-state index in [0.717, 1.165) is 13.0 Å². The molecule has 28 heavy (non-hydrogen) atoms. The van der Waals surface area contributed by atoms with Crippen LogP contribution in [0, 0.1) is 0 Å². The smallest absolute Gasteiger partial charge is 0.264 e. The first-order valence-electron chi connectivity index (χ1n) is 8.45. The Morgan fingerprint density at radius 1 is 1.07 bits per heavy atom. The van der Waals surface area contributed by atoms with E-state index in [-0.39, 0.29) is 10.8 Å². The highest BCUT2D eigenvalue weighted by atomic mass is 32.2. The molecular weight excluding hydrogens is 398 g/mol. The maximum atomic E-state index is 12.4. The molecular formula is C17H19N7O2S2. The van der Waals surface area contributed by atoms with Crippen LogP contribution < -0.4 is 15.4 Å². The maximum absolute atomic E-state index is 12.4. The number of hydrogen-bond acceptors (Lipinski definition) is 6. The molecule has 0 unspecified atom stereocenters. The van der Waals surface area contributed by atoms with Crippen molar-refractivity contribution in [1.82, 2.24) is 25.1 Å². The normalized spacial score (nSPS) is 11.0. The summed E-state index contributed by atoms with van der Waals surface area (Å²) in [6.07, 6.45) is 7.44. The van der Waals surface area contributed by atoms with Gasteiger partial charge in [0.05, 0.1) is 4.90 Å². The van der Waals surface area contributed by atoms with E-state index in [1.165, 1.54) is 24.5 Å². The molecule has 0 bridgehead atoms. The highest BCUT2D eigenvalue weighted by Crippen LogP contribution is 2.16. The second-order valence-electron chi connectivity index (χ2n) is 5.71. The third-order valence-electron chi connectivity index (χ3n) is 3.62. The van der Waals surface area contributed by atoms with Crippen molar-refractivity contribution < 1.29 is 8.42 Å². The Kier molecular flexibility index (Phi) is 6.50. The highest BCUT2D eigenvalue weighted by molar-refractivity contribution is 7.92. The van der Waals surface area contributed by atoms with Gasteiger partial charge in [-0.15, -0.1) is 0 Å². The number of rotatable bonds is 8. The van der Waals surface area contributed by atoms with Crippen LogP contribution in [-0.2, 0) is 16.6 Å². The summed E-state index contributed by atoms with van der Waals surface area (Å²) in [5.74, 6) is 0.0187. The summed E-state index contributed by atoms with van der Waals surface area (Å²) in [6.45, 7) is 1.49. The van der Waals surface area contributed by atoms with Crippen LogP contribution in [0.3, 0.4) is 0 Å². The Hall–Kier alpha value is -3.05. The zero-order valence-electron chi connectivity index (χ0n) is 14.8. The average molecular weight is 418 g/mol. The molecule has 1 aromatic carbocycles. The number of nitrogens with one attached hydrogen (secondary N) is 3. The first kappa shape index (κ1) is 19.7. The summed E-state index contributed by atoms with van der Waals surface area (Å²) in [7, 11) is -3.76. The minimum Gasteiger partial charge on any atom is -0.362 e. The molecule has 2 heterocycles. The van der Waals surface area contributed by atoms with Crippen molar-refractivity contribution in [1.29, 1.82) is 0 Å². The van der Waals surface area contributed by atoms with E-state index in [1.807, 2.05) is 16.9 Å². The van der Waals surface area contributed by atoms with Gasteiger partial charge in [-0.25, -0.2) is 23.1 Å². The number of nitrogens with zero attached hydrogens (tertiary/aromatic N) is 4. The average Bonchev–Trinajstić information content (AvgIpc) is 3.20. The van der Waals surface area contributed by atoms with Gasteiger partial charge in [-0.2, -0.15) is 5.10 Å². The van der Waals surface area contributed by atoms with Crippen LogP contribution >= 0.6 is 12.2 Å². The zero-order chi connectivity index (χ0) is 19.8. The fourth-order valence-corrected chi connectivity index (χ4v) is 3.48. The van der Waals surface area contributed by atoms with E-state index < -0.39 is 10.0 Å². The zero-order valence-corrected chi connectivity index (χ0v) is 16.4. The third kappa shape index (κ3) is 5.72. The van der Waals surface area contributed by atoms with Crippen molar-refractivity contribution in [2.75, 3.05) is 16.6 Å². The van der Waals surface area contributed by atoms with Crippen LogP contribution in [0.4, 0.5) is 11.6 Å². The van der Waals surface area contributed by atoms with Gasteiger partial charge in [0.1, 0.15) is 0 Å². The van der Waals surface area contributed by atoms with Crippen LogP contribution in [-0.4, -0.2) is 39.8 Å². The van der Waals surface area contributed by atoms with Crippen LogP contribution in [0.15, 0.2) is 66.1 Å². The van der Waals surface area contributed by atoms with Crippen LogP contribution in [0.25, 0.3) is 0 Å². The van der Waals surface area contributed by atoms with Gasteiger partial charge in [0.25, 0.3) is 10.0 Å². The molecule has 0 aliphatic carbocycles. The number of aryl methyl sites for hydroxylation is 1. The van der Waals surface area contributed by atoms with Gasteiger partial charge in [-0.1, -0.05) is 0 Å². The summed E-state index contributed by atoms with van der Waals surface area (Å²) in [6, 6.07) is 9.72. The predicted octanol–water partition coefficient (Wildman–Crippen LogP) is 1.85. The summed E-state index contributed by atoms with van der Waals surface area (Å²) in [5.41, 5.74) is 0.680. The molecule has 3 rings (SSSR count). The lowest BCUT2D eigenvalue weighted by Gasteiger charge is -2.11. The number of hydrogen-bond donors (Lipinski definition) is 3. The number of benzene rings is 1. The summed E-state index contributed by atoms with van der Waals surface area (Å²) >= 11 is 5.25. The highest BCUT2D eigenvalue weighted by Gasteiger charge is 2.15. The Balaban J connectivity index is 1.48. The largest absolute Gasteiger partial charge is 0.362 e. The minimum atomic E-state index is -3.76. The molecule has 0 radical (unpaired) electrons. The van der Waals surface area contributed by atoms with Gasteiger partial charge in [-0.05, 0) is 55.0 Å². The van der Waals surface area contributed by atoms with Gasteiger partial charge < -0.3 is 10.6 Å². The molecule has 9 nitrogen and oxygen atoms in total. The minimum absolute atomic E-state index is 0.0187. The second kappa shape index (κ2) is 9.24. The van der Waals surface area contributed by atoms with Gasteiger partial charge in [0.2, 0.25) is 5.95 Å². The van der Waals surface area contributed by atoms with E-state index in [2.05, 4.69) is 30.4 Å². The van der Waals surface area contributed by atoms with E-state index in [1.54, 1.807) is 24.4 Å². The summed E-state index contributed by atoms with van der Waals surface area (Å²) in [5, 5.41) is 10.7. The van der Waals surface area contributed by atoms with Crippen LogP contribution in [0.2, 0.25) is 0 Å². The Bertz CT molecular complexity index is 992. The first-order valence-corrected chi connectivity index (χ1v) is 10.3. The van der Waals surface area contributed by atoms with Crippen molar-refractivity contribution in [3.05, 3.63) is 61.2 Å². The molecule has 0 fully saturated rings. The van der Waals surface area contributed by atoms with E-state index in [0.29, 0.717) is 17.3 Å². The molecule has 0 saturated heterocycles. The van der Waals surface area contributed by atoms with Gasteiger partial charge in [-0.3, -0.25) is 4.68 Å². The maximum Gasteiger partial charge on any atom is 0.264 e. The molecule has 0 atom stereocenters. The molecule has 3 N–H and O–H groups in total. The number of aromatic nitrogens is 4. The Morgan fingerprint density at radius 2 is 1.82 bits per heavy atom. The molecule has 0 saturated carbocycles. The van der Waals surface area contributed by atoms with Gasteiger partial charge in [0.15, 0.2) is 5.11 Å². The fourth-order valence-electron chi connectivity index (χ4n) is 2.30. The standard InChI is InChI=1S/C17H19N7O2S2/c25-28(26,23-16-18-8-1-9-19-16)15-6-4-14(5-7-15)22-17(27)20-10-2-12-24-13-3-11-21-24/h1,3-9,11,13H,2,10,12H2,(H,18,19,23)(H2,20,22,27). The van der Waals surface area contributed by atoms with Crippen molar-refractivity contribution >= 4 is 39.0 Å². The topological polar surface area (TPSA) is 114 Å². The molecule has 3 aromatic rings. The third-order valence-corrected chi connectivity index (χ3v) is 5.21. The first-order chi connectivity index (χ1) is 13.5. The quantitative estimate of drug-likeness (QED) is 0.376. The monoisotopic (exact) mass is 417 g/mol. The number of sulfonamides is 1. The number of thiocarbonyl (C=S) groups is 1. The lowest BCUT2D eigenvalue weighted by molar-refractivity contribution is 0.574. The van der Waals surface area contributed by atoms with E-state index in [9.17, 15) is 8.42 Å². The lowest BCUT2D eigenvalue weighted by Crippen LogP contribution is -2.29. The van der Waals surface area contributed by atoms with Gasteiger partial charge >= 0.3 is 0 Å². The number of anilines is 2. The molecule has 146 valence electrons. The van der Waals surface area contributed by atoms with Crippen LogP contribution in [0.5, 0.6) is 0 Å². The SMILES string of the molecule is O=S(=O)(Nc1ncccn1)c1ccc(NC(=S)NCCCn2cccn2)cc1. The second-order valence-corrected chi connectivity index (χ2v) is 7.80.